The van der Waals surface area contributed by atoms with E-state index < -0.39 is 30.6 Å². The number of nitrogens with two attached hydrogens (primary N) is 1. The van der Waals surface area contributed by atoms with Gasteiger partial charge in [0.15, 0.2) is 23.8 Å². The first-order valence-electron chi connectivity index (χ1n) is 11.2. The molecule has 1 unspecified atom stereocenters. The van der Waals surface area contributed by atoms with Gasteiger partial charge in [0.25, 0.3) is 0 Å². The summed E-state index contributed by atoms with van der Waals surface area (Å²) in [5.74, 6) is 0.459. The third-order valence-corrected chi connectivity index (χ3v) is 5.78. The van der Waals surface area contributed by atoms with Crippen molar-refractivity contribution in [1.29, 1.82) is 0 Å². The number of anilines is 2. The molecule has 14 nitrogen and oxygen atoms in total. The lowest BCUT2D eigenvalue weighted by atomic mass is 10.1. The molecule has 1 aliphatic rings. The lowest BCUT2D eigenvalue weighted by Crippen LogP contribution is -2.29. The highest BCUT2D eigenvalue weighted by Gasteiger charge is 2.47. The molecule has 5 atom stereocenters. The number of hydrogen-bond donors (Lipinski definition) is 5. The smallest absolute Gasteiger partial charge is 0.226 e. The molecule has 0 aliphatic carbocycles. The standard InChI is InChI=1S/C21H26N10O4/c1-2-31-28-18(27-29-31)16-14(33)15(34)20(35-16)30-10-24-13-17(22)25-21(26-19(13)30)23-9-12(32)8-11-6-4-3-5-7-11/h3-7,10,12,14-16,20,32-34H,2,8-9H2,1H3,(H3,22,23,25,26)/t12?,14-,15+,16-,20+/m0/s1. The van der Waals surface area contributed by atoms with E-state index in [1.165, 1.54) is 15.7 Å². The number of aryl methyl sites for hydroxylation is 1. The fraction of sp³-hybridized carbons (Fsp3) is 0.429. The number of ether oxygens (including phenoxy) is 1. The molecular weight excluding hydrogens is 456 g/mol. The third-order valence-electron chi connectivity index (χ3n) is 5.78. The van der Waals surface area contributed by atoms with Gasteiger partial charge < -0.3 is 31.1 Å². The predicted molar refractivity (Wildman–Crippen MR) is 123 cm³/mol. The van der Waals surface area contributed by atoms with Gasteiger partial charge in [0.1, 0.15) is 17.7 Å². The van der Waals surface area contributed by atoms with E-state index in [2.05, 4.69) is 35.7 Å². The maximum atomic E-state index is 10.7. The molecule has 1 saturated heterocycles. The number of imidazole rings is 1. The molecule has 1 fully saturated rings. The van der Waals surface area contributed by atoms with Gasteiger partial charge in [0.2, 0.25) is 11.8 Å². The van der Waals surface area contributed by atoms with Crippen LogP contribution in [-0.2, 0) is 17.7 Å². The molecule has 4 heterocycles. The van der Waals surface area contributed by atoms with E-state index in [0.717, 1.165) is 5.56 Å². The largest absolute Gasteiger partial charge is 0.391 e. The molecule has 3 aromatic heterocycles. The molecule has 0 saturated carbocycles. The average molecular weight is 483 g/mol. The number of tetrazole rings is 1. The fourth-order valence-corrected chi connectivity index (χ4v) is 3.98. The summed E-state index contributed by atoms with van der Waals surface area (Å²) in [5.41, 5.74) is 7.69. The van der Waals surface area contributed by atoms with Crippen LogP contribution in [0.25, 0.3) is 11.2 Å². The summed E-state index contributed by atoms with van der Waals surface area (Å²) in [4.78, 5) is 14.3. The lowest BCUT2D eigenvalue weighted by molar-refractivity contribution is -0.0384. The van der Waals surface area contributed by atoms with Gasteiger partial charge >= 0.3 is 0 Å². The van der Waals surface area contributed by atoms with Crippen LogP contribution in [0.5, 0.6) is 0 Å². The third kappa shape index (κ3) is 4.51. The van der Waals surface area contributed by atoms with Gasteiger partial charge in [-0.2, -0.15) is 14.8 Å². The van der Waals surface area contributed by atoms with Gasteiger partial charge in [-0.15, -0.1) is 10.2 Å². The number of aliphatic hydroxyl groups excluding tert-OH is 3. The Labute approximate surface area is 199 Å². The summed E-state index contributed by atoms with van der Waals surface area (Å²) in [6.07, 6.45) is -3.44. The van der Waals surface area contributed by atoms with Gasteiger partial charge in [-0.1, -0.05) is 30.3 Å². The molecule has 14 heteroatoms. The first-order valence-corrected chi connectivity index (χ1v) is 11.2. The summed E-state index contributed by atoms with van der Waals surface area (Å²) in [6.45, 7) is 2.54. The second-order valence-corrected chi connectivity index (χ2v) is 8.25. The van der Waals surface area contributed by atoms with Crippen molar-refractivity contribution in [2.45, 2.75) is 50.5 Å². The van der Waals surface area contributed by atoms with Crippen molar-refractivity contribution in [1.82, 2.24) is 39.7 Å². The zero-order chi connectivity index (χ0) is 24.5. The van der Waals surface area contributed by atoms with E-state index in [4.69, 9.17) is 10.5 Å². The first-order chi connectivity index (χ1) is 16.9. The number of hydrogen-bond acceptors (Lipinski definition) is 12. The highest BCUT2D eigenvalue weighted by Crippen LogP contribution is 2.38. The topological polar surface area (TPSA) is 195 Å². The van der Waals surface area contributed by atoms with Crippen molar-refractivity contribution < 1.29 is 20.1 Å². The Morgan fingerprint density at radius 2 is 1.97 bits per heavy atom. The summed E-state index contributed by atoms with van der Waals surface area (Å²) in [7, 11) is 0. The number of aliphatic hydroxyl groups is 3. The van der Waals surface area contributed by atoms with Crippen LogP contribution < -0.4 is 11.1 Å². The second kappa shape index (κ2) is 9.50. The minimum absolute atomic E-state index is 0.117. The number of rotatable bonds is 8. The number of nitrogen functional groups attached to an aromatic ring is 1. The highest BCUT2D eigenvalue weighted by atomic mass is 16.6. The lowest BCUT2D eigenvalue weighted by Gasteiger charge is -2.17. The van der Waals surface area contributed by atoms with Crippen molar-refractivity contribution in [3.8, 4) is 0 Å². The van der Waals surface area contributed by atoms with Gasteiger partial charge in [-0.25, -0.2) is 4.98 Å². The van der Waals surface area contributed by atoms with E-state index in [-0.39, 0.29) is 24.1 Å². The number of fused-ring (bicyclic) bond motifs is 1. The minimum atomic E-state index is -1.31. The number of aromatic nitrogens is 8. The molecule has 35 heavy (non-hydrogen) atoms. The first kappa shape index (κ1) is 23.0. The molecular formula is C21H26N10O4. The van der Waals surface area contributed by atoms with Crippen LogP contribution in [0.2, 0.25) is 0 Å². The monoisotopic (exact) mass is 482 g/mol. The normalized spacial score (nSPS) is 23.1. The van der Waals surface area contributed by atoms with Crippen molar-refractivity contribution in [3.05, 3.63) is 48.0 Å². The molecule has 0 bridgehead atoms. The maximum Gasteiger partial charge on any atom is 0.226 e. The minimum Gasteiger partial charge on any atom is -0.391 e. The van der Waals surface area contributed by atoms with E-state index in [0.29, 0.717) is 24.1 Å². The molecule has 6 N–H and O–H groups in total. The molecule has 184 valence electrons. The van der Waals surface area contributed by atoms with Gasteiger partial charge in [-0.05, 0) is 17.7 Å². The number of benzene rings is 1. The average Bonchev–Trinajstić information content (AvgIpc) is 3.57. The molecule has 0 amide bonds. The van der Waals surface area contributed by atoms with Crippen LogP contribution in [0.3, 0.4) is 0 Å². The summed E-state index contributed by atoms with van der Waals surface area (Å²) < 4.78 is 7.38. The van der Waals surface area contributed by atoms with E-state index in [1.54, 1.807) is 0 Å². The van der Waals surface area contributed by atoms with Gasteiger partial charge in [-0.3, -0.25) is 4.57 Å². The van der Waals surface area contributed by atoms with E-state index >= 15 is 0 Å². The van der Waals surface area contributed by atoms with Crippen molar-refractivity contribution in [2.75, 3.05) is 17.6 Å². The molecule has 1 aliphatic heterocycles. The van der Waals surface area contributed by atoms with Crippen LogP contribution in [0.15, 0.2) is 36.7 Å². The predicted octanol–water partition coefficient (Wildman–Crippen LogP) is -0.578. The van der Waals surface area contributed by atoms with Gasteiger partial charge in [0.05, 0.1) is 19.0 Å². The molecule has 1 aromatic carbocycles. The van der Waals surface area contributed by atoms with Crippen molar-refractivity contribution in [2.24, 2.45) is 0 Å². The summed E-state index contributed by atoms with van der Waals surface area (Å²) in [6, 6.07) is 9.62. The highest BCUT2D eigenvalue weighted by molar-refractivity contribution is 5.83. The number of nitrogens with one attached hydrogen (secondary N) is 1. The quantitative estimate of drug-likeness (QED) is 0.215. The maximum absolute atomic E-state index is 10.7. The Morgan fingerprint density at radius 1 is 1.17 bits per heavy atom. The van der Waals surface area contributed by atoms with Crippen molar-refractivity contribution in [3.63, 3.8) is 0 Å². The Bertz CT molecular complexity index is 1300. The van der Waals surface area contributed by atoms with Crippen LogP contribution in [0, 0.1) is 0 Å². The fourth-order valence-electron chi connectivity index (χ4n) is 3.98. The van der Waals surface area contributed by atoms with Crippen molar-refractivity contribution >= 4 is 22.9 Å². The zero-order valence-corrected chi connectivity index (χ0v) is 18.9. The Morgan fingerprint density at radius 3 is 2.71 bits per heavy atom. The van der Waals surface area contributed by atoms with Crippen LogP contribution in [0.4, 0.5) is 11.8 Å². The van der Waals surface area contributed by atoms with E-state index in [9.17, 15) is 15.3 Å². The summed E-state index contributed by atoms with van der Waals surface area (Å²) in [5, 5.41) is 46.6. The summed E-state index contributed by atoms with van der Waals surface area (Å²) >= 11 is 0. The van der Waals surface area contributed by atoms with Gasteiger partial charge in [0, 0.05) is 13.0 Å². The van der Waals surface area contributed by atoms with E-state index in [1.807, 2.05) is 37.3 Å². The zero-order valence-electron chi connectivity index (χ0n) is 18.9. The Kier molecular flexibility index (Phi) is 6.25. The molecule has 0 radical (unpaired) electrons. The molecule has 5 rings (SSSR count). The van der Waals surface area contributed by atoms with Crippen LogP contribution in [0.1, 0.15) is 30.6 Å². The molecule has 4 aromatic rings. The Balaban J connectivity index is 1.35. The Hall–Kier alpha value is -3.72. The number of nitrogens with zero attached hydrogens (tertiary/aromatic N) is 8. The second-order valence-electron chi connectivity index (χ2n) is 8.25. The van der Waals surface area contributed by atoms with Crippen LogP contribution in [-0.4, -0.2) is 79.9 Å². The van der Waals surface area contributed by atoms with Crippen LogP contribution >= 0.6 is 0 Å². The SMILES string of the molecule is CCn1nnc([C@H]2O[C@@H](n3cnc4c(N)nc(NCC(O)Cc5ccccc5)nc43)[C@H](O)[C@@H]2O)n1. The molecule has 0 spiro atoms.